The lowest BCUT2D eigenvalue weighted by Crippen LogP contribution is -2.19. The first-order valence-corrected chi connectivity index (χ1v) is 9.94. The van der Waals surface area contributed by atoms with Gasteiger partial charge in [0.25, 0.3) is 5.91 Å². The predicted octanol–water partition coefficient (Wildman–Crippen LogP) is 4.80. The van der Waals surface area contributed by atoms with E-state index in [4.69, 9.17) is 0 Å². The number of aliphatic imine (C=N–C) groups is 1. The number of amides is 1. The fraction of sp³-hybridized carbons (Fsp3) is 0.0588. The largest absolute Gasteiger partial charge is 0.506 e. The molecule has 1 fully saturated rings. The highest BCUT2D eigenvalue weighted by Crippen LogP contribution is 2.33. The van der Waals surface area contributed by atoms with Gasteiger partial charge in [-0.3, -0.25) is 4.79 Å². The van der Waals surface area contributed by atoms with Crippen molar-refractivity contribution < 1.29 is 9.90 Å². The molecule has 0 aromatic heterocycles. The van der Waals surface area contributed by atoms with Crippen molar-refractivity contribution in [1.82, 2.24) is 5.32 Å². The van der Waals surface area contributed by atoms with E-state index in [9.17, 15) is 9.90 Å². The lowest BCUT2D eigenvalue weighted by atomic mass is 10.2. The first kappa shape index (κ1) is 17.7. The Morgan fingerprint density at radius 2 is 2.00 bits per heavy atom. The van der Waals surface area contributed by atoms with Crippen molar-refractivity contribution in [1.29, 1.82) is 0 Å². The zero-order chi connectivity index (χ0) is 17.3. The lowest BCUT2D eigenvalue weighted by molar-refractivity contribution is -0.115. The van der Waals surface area contributed by atoms with Crippen LogP contribution in [0.4, 0.5) is 5.69 Å². The number of nitrogens with zero attached hydrogens (tertiary/aromatic N) is 1. The lowest BCUT2D eigenvalue weighted by Gasteiger charge is -2.03. The van der Waals surface area contributed by atoms with E-state index in [1.165, 1.54) is 11.8 Å². The highest BCUT2D eigenvalue weighted by molar-refractivity contribution is 14.1. The molecule has 7 heteroatoms. The molecule has 2 aromatic carbocycles. The van der Waals surface area contributed by atoms with Crippen LogP contribution < -0.4 is 5.32 Å². The van der Waals surface area contributed by atoms with E-state index in [0.29, 0.717) is 15.6 Å². The summed E-state index contributed by atoms with van der Waals surface area (Å²) in [5, 5.41) is 13.5. The third-order valence-electron chi connectivity index (χ3n) is 3.33. The number of para-hydroxylation sites is 1. The average molecular weight is 562 g/mol. The van der Waals surface area contributed by atoms with Gasteiger partial charge in [-0.25, -0.2) is 4.99 Å². The number of nitrogens with one attached hydrogen (secondary N) is 1. The van der Waals surface area contributed by atoms with Crippen molar-refractivity contribution in [3.05, 3.63) is 59.6 Å². The summed E-state index contributed by atoms with van der Waals surface area (Å²) in [6.45, 7) is 1.98. The smallest absolute Gasteiger partial charge is 0.264 e. The number of rotatable bonds is 2. The molecule has 0 saturated carbocycles. The monoisotopic (exact) mass is 562 g/mol. The molecule has 0 radical (unpaired) electrons. The number of halogens is 2. The van der Waals surface area contributed by atoms with Gasteiger partial charge in [0.1, 0.15) is 5.75 Å². The zero-order valence-electron chi connectivity index (χ0n) is 12.5. The number of aryl methyl sites for hydroxylation is 1. The van der Waals surface area contributed by atoms with Gasteiger partial charge < -0.3 is 10.4 Å². The molecular formula is C17H12I2N2O2S. The van der Waals surface area contributed by atoms with Crippen molar-refractivity contribution in [3.8, 4) is 5.75 Å². The molecule has 0 aliphatic carbocycles. The first-order chi connectivity index (χ1) is 11.4. The minimum Gasteiger partial charge on any atom is -0.506 e. The normalized spacial score (nSPS) is 17.5. The van der Waals surface area contributed by atoms with Crippen molar-refractivity contribution in [2.45, 2.75) is 6.92 Å². The van der Waals surface area contributed by atoms with Crippen LogP contribution in [0.1, 0.15) is 11.1 Å². The van der Waals surface area contributed by atoms with Crippen LogP contribution in [-0.4, -0.2) is 16.2 Å². The number of thioether (sulfide) groups is 1. The standard InChI is InChI=1S/C17H12I2N2O2S/c1-9-4-2-3-5-13(9)20-17-21-16(23)14(24-17)7-10-6-11(18)8-12(19)15(10)22/h2-8,22H,1H3,(H,20,21,23)/b14-7-. The van der Waals surface area contributed by atoms with Crippen LogP contribution in [0.25, 0.3) is 6.08 Å². The molecule has 4 nitrogen and oxygen atoms in total. The minimum atomic E-state index is -0.208. The molecule has 1 heterocycles. The van der Waals surface area contributed by atoms with Gasteiger partial charge in [-0.2, -0.15) is 0 Å². The topological polar surface area (TPSA) is 61.7 Å². The summed E-state index contributed by atoms with van der Waals surface area (Å²) >= 11 is 5.53. The molecule has 1 aliphatic heterocycles. The Labute approximate surface area is 171 Å². The van der Waals surface area contributed by atoms with Crippen molar-refractivity contribution in [2.75, 3.05) is 0 Å². The summed E-state index contributed by atoms with van der Waals surface area (Å²) in [5.41, 5.74) is 2.50. The molecule has 0 bridgehead atoms. The number of benzene rings is 2. The van der Waals surface area contributed by atoms with Crippen LogP contribution in [0.3, 0.4) is 0 Å². The SMILES string of the molecule is Cc1ccccc1N=C1NC(=O)/C(=C/c2cc(I)cc(I)c2O)S1. The van der Waals surface area contributed by atoms with Gasteiger partial charge in [-0.05, 0) is 93.7 Å². The van der Waals surface area contributed by atoms with E-state index in [1.54, 1.807) is 6.08 Å². The van der Waals surface area contributed by atoms with Crippen molar-refractivity contribution >= 4 is 79.8 Å². The summed E-state index contributed by atoms with van der Waals surface area (Å²) in [6, 6.07) is 11.5. The fourth-order valence-corrected chi connectivity index (χ4v) is 4.83. The van der Waals surface area contributed by atoms with E-state index in [1.807, 2.05) is 43.3 Å². The summed E-state index contributed by atoms with van der Waals surface area (Å²) in [4.78, 5) is 17.2. The molecular weight excluding hydrogens is 550 g/mol. The maximum Gasteiger partial charge on any atom is 0.264 e. The summed E-state index contributed by atoms with van der Waals surface area (Å²) in [7, 11) is 0. The average Bonchev–Trinajstić information content (AvgIpc) is 2.86. The Morgan fingerprint density at radius 1 is 1.25 bits per heavy atom. The summed E-state index contributed by atoms with van der Waals surface area (Å²) in [5.74, 6) is -0.0261. The third-order valence-corrected chi connectivity index (χ3v) is 5.69. The van der Waals surface area contributed by atoms with Crippen LogP contribution in [-0.2, 0) is 4.79 Å². The van der Waals surface area contributed by atoms with Gasteiger partial charge in [0.2, 0.25) is 0 Å². The predicted molar refractivity (Wildman–Crippen MR) is 116 cm³/mol. The number of aromatic hydroxyl groups is 1. The molecule has 0 unspecified atom stereocenters. The Hall–Kier alpha value is -1.07. The van der Waals surface area contributed by atoms with Gasteiger partial charge in [-0.1, -0.05) is 18.2 Å². The van der Waals surface area contributed by atoms with Gasteiger partial charge in [0.15, 0.2) is 5.17 Å². The van der Waals surface area contributed by atoms with Crippen LogP contribution in [0.5, 0.6) is 5.75 Å². The molecule has 122 valence electrons. The molecule has 2 aromatic rings. The van der Waals surface area contributed by atoms with Crippen molar-refractivity contribution in [2.24, 2.45) is 4.99 Å². The highest BCUT2D eigenvalue weighted by Gasteiger charge is 2.24. The second-order valence-electron chi connectivity index (χ2n) is 5.09. The number of phenols is 1. The van der Waals surface area contributed by atoms with E-state index < -0.39 is 0 Å². The van der Waals surface area contributed by atoms with Crippen LogP contribution in [0, 0.1) is 14.1 Å². The Kier molecular flexibility index (Phi) is 5.50. The van der Waals surface area contributed by atoms with Gasteiger partial charge in [0, 0.05) is 9.13 Å². The number of hydrogen-bond acceptors (Lipinski definition) is 4. The van der Waals surface area contributed by atoms with E-state index in [0.717, 1.165) is 18.4 Å². The van der Waals surface area contributed by atoms with Crippen molar-refractivity contribution in [3.63, 3.8) is 0 Å². The Bertz CT molecular complexity index is 894. The maximum absolute atomic E-state index is 12.2. The van der Waals surface area contributed by atoms with E-state index >= 15 is 0 Å². The summed E-state index contributed by atoms with van der Waals surface area (Å²) < 4.78 is 1.75. The van der Waals surface area contributed by atoms with Gasteiger partial charge in [-0.15, -0.1) is 0 Å². The molecule has 3 rings (SSSR count). The second-order valence-corrected chi connectivity index (χ2v) is 8.53. The first-order valence-electron chi connectivity index (χ1n) is 6.97. The number of hydrogen-bond donors (Lipinski definition) is 2. The summed E-state index contributed by atoms with van der Waals surface area (Å²) in [6.07, 6.45) is 1.69. The third kappa shape index (κ3) is 3.94. The van der Waals surface area contributed by atoms with Crippen LogP contribution in [0.15, 0.2) is 46.3 Å². The van der Waals surface area contributed by atoms with E-state index in [-0.39, 0.29) is 11.7 Å². The number of amidine groups is 1. The molecule has 1 aliphatic rings. The van der Waals surface area contributed by atoms with Crippen LogP contribution in [0.2, 0.25) is 0 Å². The number of carbonyl (C=O) groups is 1. The molecule has 1 amide bonds. The number of carbonyl (C=O) groups excluding carboxylic acids is 1. The molecule has 0 atom stereocenters. The van der Waals surface area contributed by atoms with E-state index in [2.05, 4.69) is 55.5 Å². The van der Waals surface area contributed by atoms with Crippen LogP contribution >= 0.6 is 56.9 Å². The zero-order valence-corrected chi connectivity index (χ0v) is 17.6. The Balaban J connectivity index is 1.92. The van der Waals surface area contributed by atoms with Gasteiger partial charge >= 0.3 is 0 Å². The Morgan fingerprint density at radius 3 is 2.75 bits per heavy atom. The molecule has 2 N–H and O–H groups in total. The highest BCUT2D eigenvalue weighted by atomic mass is 127. The molecule has 24 heavy (non-hydrogen) atoms. The molecule has 0 spiro atoms. The quantitative estimate of drug-likeness (QED) is 0.409. The maximum atomic E-state index is 12.2. The number of phenolic OH excluding ortho intramolecular Hbond substituents is 1. The minimum absolute atomic E-state index is 0.182. The van der Waals surface area contributed by atoms with Gasteiger partial charge in [0.05, 0.1) is 14.2 Å². The fourth-order valence-electron chi connectivity index (χ4n) is 2.12. The molecule has 1 saturated heterocycles. The second kappa shape index (κ2) is 7.44.